The third-order valence-corrected chi connectivity index (χ3v) is 2.78. The monoisotopic (exact) mass is 265 g/mol. The molecular weight excluding hydrogens is 255 g/mol. The molecule has 0 saturated carbocycles. The van der Waals surface area contributed by atoms with Gasteiger partial charge in [0.1, 0.15) is 0 Å². The quantitative estimate of drug-likeness (QED) is 0.514. The van der Waals surface area contributed by atoms with E-state index in [0.717, 1.165) is 0 Å². The third kappa shape index (κ3) is 2.45. The second-order valence-electron chi connectivity index (χ2n) is 4.15. The largest absolute Gasteiger partial charge is 0.399 e. The van der Waals surface area contributed by atoms with Crippen LogP contribution in [0.4, 0.5) is 18.9 Å². The van der Waals surface area contributed by atoms with Crippen LogP contribution < -0.4 is 5.73 Å². The van der Waals surface area contributed by atoms with Gasteiger partial charge in [-0.15, -0.1) is 0 Å². The van der Waals surface area contributed by atoms with E-state index < -0.39 is 23.2 Å². The van der Waals surface area contributed by atoms with Crippen LogP contribution in [0.15, 0.2) is 30.3 Å². The summed E-state index contributed by atoms with van der Waals surface area (Å²) in [7, 11) is 0. The Kier molecular flexibility index (Phi) is 3.29. The standard InChI is InChI=1S/C14H10F3NO/c1-7-4-8(2-3-12(7)18)14(19)9-5-10(15)13(17)11(16)6-9/h2-6H,18H2,1H3. The minimum atomic E-state index is -1.59. The van der Waals surface area contributed by atoms with Crippen LogP contribution in [-0.4, -0.2) is 5.78 Å². The van der Waals surface area contributed by atoms with Crippen molar-refractivity contribution in [2.45, 2.75) is 6.92 Å². The fourth-order valence-corrected chi connectivity index (χ4v) is 1.67. The van der Waals surface area contributed by atoms with Crippen molar-refractivity contribution < 1.29 is 18.0 Å². The van der Waals surface area contributed by atoms with E-state index in [0.29, 0.717) is 23.4 Å². The summed E-state index contributed by atoms with van der Waals surface area (Å²) in [5.41, 5.74) is 6.78. The lowest BCUT2D eigenvalue weighted by atomic mass is 10.0. The molecule has 0 radical (unpaired) electrons. The first-order valence-electron chi connectivity index (χ1n) is 5.45. The molecule has 0 unspecified atom stereocenters. The van der Waals surface area contributed by atoms with Gasteiger partial charge in [0.15, 0.2) is 23.2 Å². The van der Waals surface area contributed by atoms with Crippen LogP contribution in [0, 0.1) is 24.4 Å². The molecule has 0 spiro atoms. The first-order chi connectivity index (χ1) is 8.90. The molecule has 2 aromatic carbocycles. The van der Waals surface area contributed by atoms with Gasteiger partial charge in [-0.25, -0.2) is 13.2 Å². The molecule has 2 N–H and O–H groups in total. The molecule has 0 fully saturated rings. The molecule has 98 valence electrons. The first kappa shape index (κ1) is 13.1. The Balaban J connectivity index is 2.47. The smallest absolute Gasteiger partial charge is 0.194 e. The zero-order valence-electron chi connectivity index (χ0n) is 10.0. The van der Waals surface area contributed by atoms with Crippen LogP contribution in [0.5, 0.6) is 0 Å². The number of ketones is 1. The molecule has 0 aliphatic rings. The number of halogens is 3. The number of hydrogen-bond donors (Lipinski definition) is 1. The topological polar surface area (TPSA) is 43.1 Å². The van der Waals surface area contributed by atoms with Crippen LogP contribution in [0.3, 0.4) is 0 Å². The second-order valence-corrected chi connectivity index (χ2v) is 4.15. The maximum absolute atomic E-state index is 13.1. The Hall–Kier alpha value is -2.30. The van der Waals surface area contributed by atoms with Gasteiger partial charge in [-0.2, -0.15) is 0 Å². The highest BCUT2D eigenvalue weighted by atomic mass is 19.2. The zero-order chi connectivity index (χ0) is 14.2. The highest BCUT2D eigenvalue weighted by molar-refractivity contribution is 6.09. The number of nitrogen functional groups attached to an aromatic ring is 1. The Bertz CT molecular complexity index is 645. The van der Waals surface area contributed by atoms with Crippen molar-refractivity contribution in [3.05, 3.63) is 64.5 Å². The molecule has 0 amide bonds. The summed E-state index contributed by atoms with van der Waals surface area (Å²) in [4.78, 5) is 12.0. The molecule has 2 rings (SSSR count). The number of hydrogen-bond acceptors (Lipinski definition) is 2. The van der Waals surface area contributed by atoms with Gasteiger partial charge in [0.2, 0.25) is 0 Å². The molecular formula is C14H10F3NO. The lowest BCUT2D eigenvalue weighted by Crippen LogP contribution is -2.05. The number of anilines is 1. The average Bonchev–Trinajstić information content (AvgIpc) is 2.37. The molecule has 0 aromatic heterocycles. The molecule has 0 bridgehead atoms. The minimum absolute atomic E-state index is 0.233. The number of rotatable bonds is 2. The van der Waals surface area contributed by atoms with Crippen LogP contribution in [0.2, 0.25) is 0 Å². The fraction of sp³-hybridized carbons (Fsp3) is 0.0714. The molecule has 0 atom stereocenters. The third-order valence-electron chi connectivity index (χ3n) is 2.78. The maximum atomic E-state index is 13.1. The molecule has 5 heteroatoms. The van der Waals surface area contributed by atoms with Crippen LogP contribution >= 0.6 is 0 Å². The summed E-state index contributed by atoms with van der Waals surface area (Å²) < 4.78 is 39.0. The van der Waals surface area contributed by atoms with Crippen molar-refractivity contribution in [3.63, 3.8) is 0 Å². The summed E-state index contributed by atoms with van der Waals surface area (Å²) in [5.74, 6) is -4.98. The molecule has 2 aromatic rings. The second kappa shape index (κ2) is 4.76. The average molecular weight is 265 g/mol. The fourth-order valence-electron chi connectivity index (χ4n) is 1.67. The highest BCUT2D eigenvalue weighted by Crippen LogP contribution is 2.19. The van der Waals surface area contributed by atoms with Gasteiger partial charge in [-0.1, -0.05) is 0 Å². The van der Waals surface area contributed by atoms with Crippen molar-refractivity contribution >= 4 is 11.5 Å². The highest BCUT2D eigenvalue weighted by Gasteiger charge is 2.16. The van der Waals surface area contributed by atoms with E-state index in [1.807, 2.05) is 0 Å². The van der Waals surface area contributed by atoms with Gasteiger partial charge in [-0.3, -0.25) is 4.79 Å². The minimum Gasteiger partial charge on any atom is -0.399 e. The van der Waals surface area contributed by atoms with Crippen molar-refractivity contribution in [3.8, 4) is 0 Å². The Morgan fingerprint density at radius 2 is 1.58 bits per heavy atom. The van der Waals surface area contributed by atoms with E-state index in [1.165, 1.54) is 18.2 Å². The molecule has 0 heterocycles. The van der Waals surface area contributed by atoms with E-state index >= 15 is 0 Å². The van der Waals surface area contributed by atoms with Gasteiger partial charge >= 0.3 is 0 Å². The van der Waals surface area contributed by atoms with E-state index in [4.69, 9.17) is 5.73 Å². The van der Waals surface area contributed by atoms with Crippen LogP contribution in [-0.2, 0) is 0 Å². The SMILES string of the molecule is Cc1cc(C(=O)c2cc(F)c(F)c(F)c2)ccc1N. The summed E-state index contributed by atoms with van der Waals surface area (Å²) >= 11 is 0. The van der Waals surface area contributed by atoms with Gasteiger partial charge < -0.3 is 5.73 Å². The number of aryl methyl sites for hydroxylation is 1. The normalized spacial score (nSPS) is 10.5. The number of benzene rings is 2. The van der Waals surface area contributed by atoms with Gasteiger partial charge in [-0.05, 0) is 42.8 Å². The van der Waals surface area contributed by atoms with Crippen molar-refractivity contribution in [2.75, 3.05) is 5.73 Å². The number of carbonyl (C=O) groups is 1. The lowest BCUT2D eigenvalue weighted by molar-refractivity contribution is 0.103. The predicted molar refractivity (Wildman–Crippen MR) is 65.3 cm³/mol. The number of carbonyl (C=O) groups excluding carboxylic acids is 1. The molecule has 19 heavy (non-hydrogen) atoms. The Labute approximate surface area is 107 Å². The predicted octanol–water partition coefficient (Wildman–Crippen LogP) is 3.23. The first-order valence-corrected chi connectivity index (χ1v) is 5.45. The van der Waals surface area contributed by atoms with Gasteiger partial charge in [0.25, 0.3) is 0 Å². The van der Waals surface area contributed by atoms with E-state index in [9.17, 15) is 18.0 Å². The summed E-state index contributed by atoms with van der Waals surface area (Å²) in [5, 5.41) is 0. The molecule has 0 aliphatic carbocycles. The van der Waals surface area contributed by atoms with Crippen molar-refractivity contribution in [1.82, 2.24) is 0 Å². The molecule has 2 nitrogen and oxygen atoms in total. The maximum Gasteiger partial charge on any atom is 0.194 e. The van der Waals surface area contributed by atoms with Gasteiger partial charge in [0, 0.05) is 16.8 Å². The van der Waals surface area contributed by atoms with E-state index in [2.05, 4.69) is 0 Å². The van der Waals surface area contributed by atoms with E-state index in [-0.39, 0.29) is 11.1 Å². The summed E-state index contributed by atoms with van der Waals surface area (Å²) in [6.45, 7) is 1.71. The summed E-state index contributed by atoms with van der Waals surface area (Å²) in [6, 6.07) is 5.83. The van der Waals surface area contributed by atoms with Crippen LogP contribution in [0.25, 0.3) is 0 Å². The van der Waals surface area contributed by atoms with Crippen molar-refractivity contribution in [2.24, 2.45) is 0 Å². The zero-order valence-corrected chi connectivity index (χ0v) is 10.0. The van der Waals surface area contributed by atoms with Crippen molar-refractivity contribution in [1.29, 1.82) is 0 Å². The van der Waals surface area contributed by atoms with Crippen LogP contribution in [0.1, 0.15) is 21.5 Å². The number of nitrogens with two attached hydrogens (primary N) is 1. The summed E-state index contributed by atoms with van der Waals surface area (Å²) in [6.07, 6.45) is 0. The van der Waals surface area contributed by atoms with E-state index in [1.54, 1.807) is 6.92 Å². The molecule has 0 saturated heterocycles. The Morgan fingerprint density at radius 3 is 2.11 bits per heavy atom. The molecule has 0 aliphatic heterocycles. The Morgan fingerprint density at radius 1 is 1.00 bits per heavy atom. The van der Waals surface area contributed by atoms with Gasteiger partial charge in [0.05, 0.1) is 0 Å². The lowest BCUT2D eigenvalue weighted by Gasteiger charge is -2.05.